The van der Waals surface area contributed by atoms with E-state index in [4.69, 9.17) is 4.74 Å². The molecule has 0 saturated heterocycles. The number of ether oxygens (including phenoxy) is 1. The minimum absolute atomic E-state index is 0.168. The highest BCUT2D eigenvalue weighted by Crippen LogP contribution is 2.37. The van der Waals surface area contributed by atoms with Crippen LogP contribution in [0.5, 0.6) is 5.75 Å². The fourth-order valence-electron chi connectivity index (χ4n) is 3.05. The van der Waals surface area contributed by atoms with Crippen LogP contribution in [0.4, 0.5) is 11.4 Å². The molecular weight excluding hydrogens is 380 g/mol. The quantitative estimate of drug-likeness (QED) is 0.849. The van der Waals surface area contributed by atoms with Crippen LogP contribution in [0.25, 0.3) is 0 Å². The second-order valence-electron chi connectivity index (χ2n) is 7.21. The molecule has 0 fully saturated rings. The first kappa shape index (κ1) is 19.9. The van der Waals surface area contributed by atoms with Crippen LogP contribution in [0.1, 0.15) is 20.8 Å². The molecular formula is C20H22N2O5S. The van der Waals surface area contributed by atoms with Crippen molar-refractivity contribution in [2.75, 3.05) is 16.5 Å². The topological polar surface area (TPSA) is 92.8 Å². The summed E-state index contributed by atoms with van der Waals surface area (Å²) < 4.78 is 28.8. The highest BCUT2D eigenvalue weighted by molar-refractivity contribution is 7.90. The highest BCUT2D eigenvalue weighted by Gasteiger charge is 2.45. The van der Waals surface area contributed by atoms with E-state index in [9.17, 15) is 18.0 Å². The molecule has 1 atom stereocenters. The summed E-state index contributed by atoms with van der Waals surface area (Å²) in [4.78, 5) is 27.3. The number of nitrogens with zero attached hydrogens (tertiary/aromatic N) is 1. The third kappa shape index (κ3) is 3.60. The Morgan fingerprint density at radius 3 is 2.32 bits per heavy atom. The van der Waals surface area contributed by atoms with Gasteiger partial charge in [-0.1, -0.05) is 12.1 Å². The lowest BCUT2D eigenvalue weighted by Gasteiger charge is -2.42. The summed E-state index contributed by atoms with van der Waals surface area (Å²) >= 11 is 0. The molecule has 1 heterocycles. The molecule has 7 nitrogen and oxygen atoms in total. The Kier molecular flexibility index (Phi) is 4.93. The smallest absolute Gasteiger partial charge is 0.268 e. The average Bonchev–Trinajstić information content (AvgIpc) is 2.62. The Labute approximate surface area is 164 Å². The number of carbonyl (C=O) groups excluding carboxylic acids is 2. The molecule has 2 amide bonds. The van der Waals surface area contributed by atoms with E-state index in [1.54, 1.807) is 45.0 Å². The van der Waals surface area contributed by atoms with Crippen molar-refractivity contribution in [3.63, 3.8) is 0 Å². The van der Waals surface area contributed by atoms with Crippen LogP contribution in [0.15, 0.2) is 53.4 Å². The molecule has 0 radical (unpaired) electrons. The number of hydrogen-bond acceptors (Lipinski definition) is 5. The van der Waals surface area contributed by atoms with Gasteiger partial charge in [0.1, 0.15) is 11.3 Å². The summed E-state index contributed by atoms with van der Waals surface area (Å²) in [5.41, 5.74) is 0.0632. The lowest BCUT2D eigenvalue weighted by molar-refractivity contribution is -0.130. The predicted molar refractivity (Wildman–Crippen MR) is 106 cm³/mol. The lowest BCUT2D eigenvalue weighted by Crippen LogP contribution is -2.60. The SMILES string of the molecule is CC(Oc1ccc(S(C)(=O)=O)cc1)C(=O)N1c2ccccc2NC(=O)C1(C)C. The summed E-state index contributed by atoms with van der Waals surface area (Å²) in [6, 6.07) is 12.9. The van der Waals surface area contributed by atoms with Crippen LogP contribution in [0.3, 0.4) is 0 Å². The molecule has 0 spiro atoms. The van der Waals surface area contributed by atoms with Crippen LogP contribution < -0.4 is 15.0 Å². The Hall–Kier alpha value is -2.87. The van der Waals surface area contributed by atoms with E-state index in [-0.39, 0.29) is 16.7 Å². The van der Waals surface area contributed by atoms with Gasteiger partial charge in [0.2, 0.25) is 5.91 Å². The van der Waals surface area contributed by atoms with Crippen molar-refractivity contribution in [2.45, 2.75) is 37.3 Å². The van der Waals surface area contributed by atoms with E-state index in [0.717, 1.165) is 6.26 Å². The number of hydrogen-bond donors (Lipinski definition) is 1. The lowest BCUT2D eigenvalue weighted by atomic mass is 9.95. The second-order valence-corrected chi connectivity index (χ2v) is 9.22. The highest BCUT2D eigenvalue weighted by atomic mass is 32.2. The van der Waals surface area contributed by atoms with Crippen LogP contribution in [-0.4, -0.2) is 38.1 Å². The monoisotopic (exact) mass is 402 g/mol. The van der Waals surface area contributed by atoms with E-state index in [0.29, 0.717) is 17.1 Å². The number of rotatable bonds is 4. The van der Waals surface area contributed by atoms with Gasteiger partial charge in [0, 0.05) is 6.26 Å². The first-order chi connectivity index (χ1) is 13.0. The number of para-hydroxylation sites is 2. The molecule has 0 saturated carbocycles. The largest absolute Gasteiger partial charge is 0.481 e. The maximum absolute atomic E-state index is 13.2. The summed E-state index contributed by atoms with van der Waals surface area (Å²) in [5.74, 6) is -0.301. The number of nitrogens with one attached hydrogen (secondary N) is 1. The zero-order chi connectivity index (χ0) is 20.7. The number of amides is 2. The zero-order valence-corrected chi connectivity index (χ0v) is 16.9. The molecule has 1 unspecified atom stereocenters. The maximum Gasteiger partial charge on any atom is 0.268 e. The van der Waals surface area contributed by atoms with Gasteiger partial charge < -0.3 is 10.1 Å². The van der Waals surface area contributed by atoms with Crippen LogP contribution in [0, 0.1) is 0 Å². The molecule has 148 valence electrons. The Morgan fingerprint density at radius 2 is 1.71 bits per heavy atom. The van der Waals surface area contributed by atoms with Crippen LogP contribution in [-0.2, 0) is 19.4 Å². The van der Waals surface area contributed by atoms with E-state index in [2.05, 4.69) is 5.32 Å². The van der Waals surface area contributed by atoms with Gasteiger partial charge >= 0.3 is 0 Å². The standard InChI is InChI=1S/C20H22N2O5S/c1-13(27-14-9-11-15(12-10-14)28(4,25)26)18(23)22-17-8-6-5-7-16(17)21-19(24)20(22,2)3/h5-13H,1-4H3,(H,21,24). The van der Waals surface area contributed by atoms with Crippen LogP contribution in [0.2, 0.25) is 0 Å². The van der Waals surface area contributed by atoms with Gasteiger partial charge in [-0.3, -0.25) is 14.5 Å². The normalized spacial score (nSPS) is 16.7. The van der Waals surface area contributed by atoms with Gasteiger partial charge in [-0.05, 0) is 57.2 Å². The molecule has 3 rings (SSSR count). The van der Waals surface area contributed by atoms with Crippen LogP contribution >= 0.6 is 0 Å². The Morgan fingerprint density at radius 1 is 1.11 bits per heavy atom. The molecule has 2 aromatic rings. The van der Waals surface area contributed by atoms with Gasteiger partial charge in [0.05, 0.1) is 16.3 Å². The molecule has 1 N–H and O–H groups in total. The van der Waals surface area contributed by atoms with Crippen molar-refractivity contribution in [1.82, 2.24) is 0 Å². The maximum atomic E-state index is 13.2. The van der Waals surface area contributed by atoms with E-state index >= 15 is 0 Å². The third-order valence-corrected chi connectivity index (χ3v) is 5.77. The van der Waals surface area contributed by atoms with Crippen molar-refractivity contribution < 1.29 is 22.7 Å². The van der Waals surface area contributed by atoms with Gasteiger partial charge in [-0.2, -0.15) is 0 Å². The minimum atomic E-state index is -3.31. The fraction of sp³-hybridized carbons (Fsp3) is 0.300. The molecule has 0 bridgehead atoms. The zero-order valence-electron chi connectivity index (χ0n) is 16.1. The second kappa shape index (κ2) is 6.94. The summed E-state index contributed by atoms with van der Waals surface area (Å²) in [6.45, 7) is 4.94. The first-order valence-electron chi connectivity index (χ1n) is 8.73. The van der Waals surface area contributed by atoms with Crippen molar-refractivity contribution >= 4 is 33.0 Å². The van der Waals surface area contributed by atoms with Crippen molar-refractivity contribution in [2.24, 2.45) is 0 Å². The van der Waals surface area contributed by atoms with Gasteiger partial charge in [0.15, 0.2) is 15.9 Å². The fourth-order valence-corrected chi connectivity index (χ4v) is 3.68. The predicted octanol–water partition coefficient (Wildman–Crippen LogP) is 2.62. The molecule has 1 aliphatic heterocycles. The summed E-state index contributed by atoms with van der Waals surface area (Å²) in [6.07, 6.45) is 0.234. The van der Waals surface area contributed by atoms with E-state index < -0.39 is 21.5 Å². The molecule has 0 aromatic heterocycles. The minimum Gasteiger partial charge on any atom is -0.481 e. The van der Waals surface area contributed by atoms with E-state index in [1.807, 2.05) is 0 Å². The molecule has 8 heteroatoms. The number of benzene rings is 2. The number of carbonyl (C=O) groups is 2. The van der Waals surface area contributed by atoms with Crippen molar-refractivity contribution in [3.8, 4) is 5.75 Å². The van der Waals surface area contributed by atoms with Gasteiger partial charge in [0.25, 0.3) is 5.91 Å². The number of anilines is 2. The molecule has 28 heavy (non-hydrogen) atoms. The molecule has 2 aromatic carbocycles. The van der Waals surface area contributed by atoms with Gasteiger partial charge in [-0.15, -0.1) is 0 Å². The van der Waals surface area contributed by atoms with Gasteiger partial charge in [-0.25, -0.2) is 8.42 Å². The summed E-state index contributed by atoms with van der Waals surface area (Å²) in [5, 5.41) is 2.81. The summed E-state index contributed by atoms with van der Waals surface area (Å²) in [7, 11) is -3.31. The molecule has 1 aliphatic rings. The average molecular weight is 402 g/mol. The molecule has 0 aliphatic carbocycles. The third-order valence-electron chi connectivity index (χ3n) is 4.64. The Balaban J connectivity index is 1.87. The Bertz CT molecular complexity index is 1030. The van der Waals surface area contributed by atoms with E-state index in [1.165, 1.54) is 29.2 Å². The first-order valence-corrected chi connectivity index (χ1v) is 10.6. The number of fused-ring (bicyclic) bond motifs is 1. The van der Waals surface area contributed by atoms with Crippen molar-refractivity contribution in [3.05, 3.63) is 48.5 Å². The van der Waals surface area contributed by atoms with Crippen molar-refractivity contribution in [1.29, 1.82) is 0 Å². The number of sulfone groups is 1.